The molecule has 1 saturated heterocycles. The van der Waals surface area contributed by atoms with E-state index >= 15 is 0 Å². The third-order valence-corrected chi connectivity index (χ3v) is 3.72. The largest absolute Gasteiger partial charge is 0.409 e. The maximum atomic E-state index is 9.62. The van der Waals surface area contributed by atoms with E-state index in [9.17, 15) is 5.11 Å². The van der Waals surface area contributed by atoms with Crippen molar-refractivity contribution in [2.45, 2.75) is 32.8 Å². The Morgan fingerprint density at radius 3 is 2.65 bits per heavy atom. The first-order valence-electron chi connectivity index (χ1n) is 6.78. The molecular formula is C13H21N5O2. The van der Waals surface area contributed by atoms with Crippen molar-refractivity contribution in [3.05, 3.63) is 17.5 Å². The van der Waals surface area contributed by atoms with Crippen LogP contribution in [0.3, 0.4) is 0 Å². The van der Waals surface area contributed by atoms with Crippen molar-refractivity contribution in [3.63, 3.8) is 0 Å². The fraction of sp³-hybridized carbons (Fsp3) is 0.615. The van der Waals surface area contributed by atoms with Crippen molar-refractivity contribution in [3.8, 4) is 0 Å². The van der Waals surface area contributed by atoms with Gasteiger partial charge < -0.3 is 20.9 Å². The van der Waals surface area contributed by atoms with Crippen LogP contribution in [0.2, 0.25) is 0 Å². The molecule has 0 aliphatic carbocycles. The highest BCUT2D eigenvalue weighted by atomic mass is 16.4. The van der Waals surface area contributed by atoms with Crippen molar-refractivity contribution in [1.82, 2.24) is 9.97 Å². The fourth-order valence-electron chi connectivity index (χ4n) is 2.46. The van der Waals surface area contributed by atoms with Crippen molar-refractivity contribution >= 4 is 11.8 Å². The zero-order valence-electron chi connectivity index (χ0n) is 11.8. The van der Waals surface area contributed by atoms with Crippen molar-refractivity contribution in [2.75, 3.05) is 18.0 Å². The Labute approximate surface area is 118 Å². The molecule has 1 aromatic rings. The molecule has 0 radical (unpaired) electrons. The van der Waals surface area contributed by atoms with Gasteiger partial charge in [0.2, 0.25) is 5.95 Å². The lowest BCUT2D eigenvalue weighted by Crippen LogP contribution is -2.38. The summed E-state index contributed by atoms with van der Waals surface area (Å²) >= 11 is 0. The molecule has 2 heterocycles. The molecule has 110 valence electrons. The molecule has 4 N–H and O–H groups in total. The first-order chi connectivity index (χ1) is 9.51. The number of aliphatic hydroxyl groups excluding tert-OH is 1. The van der Waals surface area contributed by atoms with E-state index in [1.807, 2.05) is 13.8 Å². The van der Waals surface area contributed by atoms with Crippen LogP contribution in [-0.4, -0.2) is 45.3 Å². The molecule has 1 aliphatic rings. The molecule has 7 nitrogen and oxygen atoms in total. The molecule has 0 saturated carbocycles. The quantitative estimate of drug-likeness (QED) is 0.321. The molecule has 1 fully saturated rings. The van der Waals surface area contributed by atoms with Crippen LogP contribution in [0.25, 0.3) is 0 Å². The molecule has 1 aliphatic heterocycles. The van der Waals surface area contributed by atoms with E-state index in [1.165, 1.54) is 0 Å². The summed E-state index contributed by atoms with van der Waals surface area (Å²) in [6.45, 7) is 5.28. The normalized spacial score (nSPS) is 19.1. The zero-order valence-corrected chi connectivity index (χ0v) is 11.8. The van der Waals surface area contributed by atoms with E-state index in [2.05, 4.69) is 20.0 Å². The number of aryl methyl sites for hydroxylation is 1. The molecule has 0 amide bonds. The number of rotatable bonds is 3. The van der Waals surface area contributed by atoms with E-state index < -0.39 is 0 Å². The van der Waals surface area contributed by atoms with Crippen LogP contribution < -0.4 is 10.6 Å². The SMILES string of the molecule is Cc1cc(/C(N)=N/O)nc(N2CCC(C(C)O)CC2)n1. The van der Waals surface area contributed by atoms with Gasteiger partial charge in [-0.3, -0.25) is 0 Å². The number of nitrogens with two attached hydrogens (primary N) is 1. The van der Waals surface area contributed by atoms with Crippen LogP contribution in [0.15, 0.2) is 11.2 Å². The van der Waals surface area contributed by atoms with E-state index in [4.69, 9.17) is 10.9 Å². The van der Waals surface area contributed by atoms with Gasteiger partial charge in [0.15, 0.2) is 5.84 Å². The molecule has 2 rings (SSSR count). The van der Waals surface area contributed by atoms with Gasteiger partial charge in [-0.1, -0.05) is 5.16 Å². The van der Waals surface area contributed by atoms with Crippen molar-refractivity contribution < 1.29 is 10.3 Å². The van der Waals surface area contributed by atoms with Crippen LogP contribution in [0.5, 0.6) is 0 Å². The summed E-state index contributed by atoms with van der Waals surface area (Å²) in [7, 11) is 0. The number of aliphatic hydroxyl groups is 1. The lowest BCUT2D eigenvalue weighted by molar-refractivity contribution is 0.109. The van der Waals surface area contributed by atoms with Crippen LogP contribution >= 0.6 is 0 Å². The standard InChI is InChI=1S/C13H21N5O2/c1-8-7-11(12(14)17-20)16-13(15-8)18-5-3-10(4-6-18)9(2)19/h7,9-10,19-20H,3-6H2,1-2H3,(H2,14,17). The maximum absolute atomic E-state index is 9.62. The Morgan fingerprint density at radius 2 is 2.10 bits per heavy atom. The lowest BCUT2D eigenvalue weighted by atomic mass is 9.92. The Kier molecular flexibility index (Phi) is 4.39. The second-order valence-corrected chi connectivity index (χ2v) is 5.24. The number of nitrogens with zero attached hydrogens (tertiary/aromatic N) is 4. The minimum atomic E-state index is -0.275. The summed E-state index contributed by atoms with van der Waals surface area (Å²) in [5, 5.41) is 21.3. The molecule has 1 unspecified atom stereocenters. The number of hydrogen-bond acceptors (Lipinski definition) is 6. The average Bonchev–Trinajstić information content (AvgIpc) is 2.45. The van der Waals surface area contributed by atoms with Crippen molar-refractivity contribution in [2.24, 2.45) is 16.8 Å². The van der Waals surface area contributed by atoms with Gasteiger partial charge >= 0.3 is 0 Å². The predicted octanol–water partition coefficient (Wildman–Crippen LogP) is 0.477. The fourth-order valence-corrected chi connectivity index (χ4v) is 2.46. The van der Waals surface area contributed by atoms with E-state index in [0.717, 1.165) is 31.6 Å². The average molecular weight is 279 g/mol. The number of amidine groups is 1. The van der Waals surface area contributed by atoms with Gasteiger partial charge in [-0.05, 0) is 38.7 Å². The summed E-state index contributed by atoms with van der Waals surface area (Å²) in [4.78, 5) is 10.8. The smallest absolute Gasteiger partial charge is 0.226 e. The minimum absolute atomic E-state index is 0.0179. The number of piperidine rings is 1. The van der Waals surface area contributed by atoms with E-state index in [-0.39, 0.29) is 11.9 Å². The highest BCUT2D eigenvalue weighted by molar-refractivity contribution is 5.95. The topological polar surface area (TPSA) is 108 Å². The Bertz CT molecular complexity index is 496. The molecule has 20 heavy (non-hydrogen) atoms. The summed E-state index contributed by atoms with van der Waals surface area (Å²) in [5.41, 5.74) is 6.78. The first kappa shape index (κ1) is 14.5. The van der Waals surface area contributed by atoms with Gasteiger partial charge in [0, 0.05) is 18.8 Å². The van der Waals surface area contributed by atoms with Gasteiger partial charge in [0.1, 0.15) is 5.69 Å². The molecule has 7 heteroatoms. The first-order valence-corrected chi connectivity index (χ1v) is 6.78. The predicted molar refractivity (Wildman–Crippen MR) is 75.9 cm³/mol. The summed E-state index contributed by atoms with van der Waals surface area (Å²) in [6, 6.07) is 1.68. The van der Waals surface area contributed by atoms with Crippen molar-refractivity contribution in [1.29, 1.82) is 0 Å². The van der Waals surface area contributed by atoms with Crippen LogP contribution in [0.4, 0.5) is 5.95 Å². The molecule has 0 spiro atoms. The highest BCUT2D eigenvalue weighted by Crippen LogP contribution is 2.23. The second kappa shape index (κ2) is 6.04. The summed E-state index contributed by atoms with van der Waals surface area (Å²) in [5.74, 6) is 0.908. The van der Waals surface area contributed by atoms with Gasteiger partial charge in [-0.2, -0.15) is 0 Å². The third-order valence-electron chi connectivity index (χ3n) is 3.72. The number of anilines is 1. The minimum Gasteiger partial charge on any atom is -0.409 e. The zero-order chi connectivity index (χ0) is 14.7. The van der Waals surface area contributed by atoms with E-state index in [0.29, 0.717) is 17.6 Å². The molecule has 1 atom stereocenters. The Balaban J connectivity index is 2.16. The molecule has 0 aromatic carbocycles. The number of aromatic nitrogens is 2. The number of hydrogen-bond donors (Lipinski definition) is 3. The summed E-state index contributed by atoms with van der Waals surface area (Å²) < 4.78 is 0. The molecule has 0 bridgehead atoms. The monoisotopic (exact) mass is 279 g/mol. The van der Waals surface area contributed by atoms with Gasteiger partial charge in [0.25, 0.3) is 0 Å². The lowest BCUT2D eigenvalue weighted by Gasteiger charge is -2.33. The molecular weight excluding hydrogens is 258 g/mol. The molecule has 1 aromatic heterocycles. The van der Waals surface area contributed by atoms with Crippen LogP contribution in [0.1, 0.15) is 31.2 Å². The van der Waals surface area contributed by atoms with Crippen LogP contribution in [-0.2, 0) is 0 Å². The van der Waals surface area contributed by atoms with E-state index in [1.54, 1.807) is 6.07 Å². The number of oxime groups is 1. The Hall–Kier alpha value is -1.89. The Morgan fingerprint density at radius 1 is 1.45 bits per heavy atom. The van der Waals surface area contributed by atoms with Gasteiger partial charge in [-0.15, -0.1) is 0 Å². The maximum Gasteiger partial charge on any atom is 0.226 e. The third kappa shape index (κ3) is 3.16. The van der Waals surface area contributed by atoms with Gasteiger partial charge in [0.05, 0.1) is 6.10 Å². The van der Waals surface area contributed by atoms with Crippen LogP contribution in [0, 0.1) is 12.8 Å². The second-order valence-electron chi connectivity index (χ2n) is 5.24. The highest BCUT2D eigenvalue weighted by Gasteiger charge is 2.24. The van der Waals surface area contributed by atoms with Gasteiger partial charge in [-0.25, -0.2) is 9.97 Å². The summed E-state index contributed by atoms with van der Waals surface area (Å²) in [6.07, 6.45) is 1.55.